The van der Waals surface area contributed by atoms with Crippen LogP contribution in [0.25, 0.3) is 10.8 Å². The Kier molecular flexibility index (Phi) is 5.90. The maximum atomic E-state index is 12.5. The predicted octanol–water partition coefficient (Wildman–Crippen LogP) is 3.98. The smallest absolute Gasteiger partial charge is 0.328 e. The van der Waals surface area contributed by atoms with Crippen molar-refractivity contribution in [2.45, 2.75) is 33.2 Å². The Bertz CT molecular complexity index is 1180. The number of rotatable bonds is 8. The summed E-state index contributed by atoms with van der Waals surface area (Å²) in [6.07, 6.45) is 7.10. The summed E-state index contributed by atoms with van der Waals surface area (Å²) in [6.45, 7) is 5.73. The van der Waals surface area contributed by atoms with Crippen LogP contribution in [0.3, 0.4) is 0 Å². The number of ether oxygens (including phenoxy) is 2. The molecule has 0 bridgehead atoms. The van der Waals surface area contributed by atoms with Gasteiger partial charge in [-0.2, -0.15) is 0 Å². The van der Waals surface area contributed by atoms with E-state index in [9.17, 15) is 9.59 Å². The third-order valence-electron chi connectivity index (χ3n) is 5.57. The molecule has 1 aromatic carbocycles. The summed E-state index contributed by atoms with van der Waals surface area (Å²) in [6, 6.07) is 10.7. The molecule has 0 saturated carbocycles. The minimum absolute atomic E-state index is 0.0429. The van der Waals surface area contributed by atoms with Crippen LogP contribution in [-0.4, -0.2) is 34.4 Å². The first-order valence-corrected chi connectivity index (χ1v) is 10.5. The number of benzene rings is 1. The van der Waals surface area contributed by atoms with Gasteiger partial charge in [0.1, 0.15) is 11.8 Å². The van der Waals surface area contributed by atoms with Crippen LogP contribution < -0.4 is 10.1 Å². The van der Waals surface area contributed by atoms with Gasteiger partial charge in [0.05, 0.1) is 17.4 Å². The van der Waals surface area contributed by atoms with Crippen molar-refractivity contribution >= 4 is 22.5 Å². The van der Waals surface area contributed by atoms with E-state index in [2.05, 4.69) is 15.3 Å². The first-order chi connectivity index (χ1) is 15.4. The van der Waals surface area contributed by atoms with E-state index in [-0.39, 0.29) is 18.4 Å². The Morgan fingerprint density at radius 2 is 1.88 bits per heavy atom. The predicted molar refractivity (Wildman–Crippen MR) is 120 cm³/mol. The Labute approximate surface area is 186 Å². The van der Waals surface area contributed by atoms with E-state index < -0.39 is 11.5 Å². The molecule has 1 atom stereocenters. The summed E-state index contributed by atoms with van der Waals surface area (Å²) in [4.78, 5) is 32.8. The molecule has 0 saturated heterocycles. The summed E-state index contributed by atoms with van der Waals surface area (Å²) >= 11 is 0. The van der Waals surface area contributed by atoms with Crippen LogP contribution in [0.15, 0.2) is 66.8 Å². The lowest BCUT2D eigenvalue weighted by molar-refractivity contribution is -0.145. The molecule has 0 spiro atoms. The monoisotopic (exact) mass is 431 g/mol. The number of aromatic nitrogens is 2. The number of esters is 1. The zero-order valence-electron chi connectivity index (χ0n) is 18.3. The van der Waals surface area contributed by atoms with Gasteiger partial charge in [-0.3, -0.25) is 9.78 Å². The van der Waals surface area contributed by atoms with E-state index in [0.29, 0.717) is 18.1 Å². The summed E-state index contributed by atoms with van der Waals surface area (Å²) in [5.74, 6) is 0.808. The Balaban J connectivity index is 1.48. The Morgan fingerprint density at radius 3 is 2.56 bits per heavy atom. The van der Waals surface area contributed by atoms with E-state index in [1.165, 1.54) is 6.08 Å². The van der Waals surface area contributed by atoms with Gasteiger partial charge in [0.25, 0.3) is 0 Å². The quantitative estimate of drug-likeness (QED) is 0.540. The standard InChI is InChI=1S/C25H25N3O4/c1-4-31-24(30)20(28-21-14-22(29)25(21,2)3)13-16-5-7-18(8-6-16)32-23-19-15-26-11-9-17(19)10-12-27-23/h5-12,14-15,20,28H,4,13H2,1-3H3/t20-/m0/s1. The number of pyridine rings is 2. The van der Waals surface area contributed by atoms with E-state index in [0.717, 1.165) is 22.0 Å². The number of ketones is 1. The minimum atomic E-state index is -0.608. The van der Waals surface area contributed by atoms with Gasteiger partial charge in [-0.15, -0.1) is 0 Å². The van der Waals surface area contributed by atoms with Gasteiger partial charge < -0.3 is 14.8 Å². The van der Waals surface area contributed by atoms with Gasteiger partial charge in [0.2, 0.25) is 5.88 Å². The number of carbonyl (C=O) groups is 2. The number of hydrogen-bond acceptors (Lipinski definition) is 7. The van der Waals surface area contributed by atoms with Crippen molar-refractivity contribution in [2.24, 2.45) is 5.41 Å². The summed E-state index contributed by atoms with van der Waals surface area (Å²) in [5, 5.41) is 5.03. The molecule has 164 valence electrons. The second-order valence-corrected chi connectivity index (χ2v) is 8.16. The second kappa shape index (κ2) is 8.78. The molecule has 0 radical (unpaired) electrons. The van der Waals surface area contributed by atoms with Crippen LogP contribution in [0.1, 0.15) is 26.3 Å². The molecule has 0 fully saturated rings. The van der Waals surface area contributed by atoms with E-state index in [1.54, 1.807) is 25.5 Å². The van der Waals surface area contributed by atoms with Crippen LogP contribution in [0.5, 0.6) is 11.6 Å². The minimum Gasteiger partial charge on any atom is -0.464 e. The first kappa shape index (κ1) is 21.5. The zero-order chi connectivity index (χ0) is 22.7. The molecule has 1 aliphatic rings. The molecule has 0 unspecified atom stereocenters. The van der Waals surface area contributed by atoms with Crippen LogP contribution in [0.2, 0.25) is 0 Å². The summed E-state index contributed by atoms with van der Waals surface area (Å²) in [7, 11) is 0. The molecule has 1 N–H and O–H groups in total. The average molecular weight is 431 g/mol. The van der Waals surface area contributed by atoms with E-state index in [4.69, 9.17) is 9.47 Å². The van der Waals surface area contributed by atoms with Gasteiger partial charge >= 0.3 is 5.97 Å². The lowest BCUT2D eigenvalue weighted by atomic mass is 9.74. The fraction of sp³-hybridized carbons (Fsp3) is 0.280. The molecular formula is C25H25N3O4. The van der Waals surface area contributed by atoms with Crippen molar-refractivity contribution < 1.29 is 19.1 Å². The van der Waals surface area contributed by atoms with Crippen molar-refractivity contribution in [3.8, 4) is 11.6 Å². The van der Waals surface area contributed by atoms with Crippen LogP contribution >= 0.6 is 0 Å². The molecule has 1 aliphatic carbocycles. The second-order valence-electron chi connectivity index (χ2n) is 8.16. The van der Waals surface area contributed by atoms with Crippen LogP contribution in [0.4, 0.5) is 0 Å². The molecule has 7 nitrogen and oxygen atoms in total. The van der Waals surface area contributed by atoms with Gasteiger partial charge in [0, 0.05) is 36.8 Å². The van der Waals surface area contributed by atoms with Gasteiger partial charge in [-0.25, -0.2) is 9.78 Å². The van der Waals surface area contributed by atoms with Crippen LogP contribution in [-0.2, 0) is 20.7 Å². The maximum Gasteiger partial charge on any atom is 0.328 e. The third kappa shape index (κ3) is 4.32. The first-order valence-electron chi connectivity index (χ1n) is 10.5. The average Bonchev–Trinajstić information content (AvgIpc) is 2.80. The fourth-order valence-electron chi connectivity index (χ4n) is 3.50. The lowest BCUT2D eigenvalue weighted by Gasteiger charge is -2.36. The van der Waals surface area contributed by atoms with Crippen LogP contribution in [0, 0.1) is 5.41 Å². The lowest BCUT2D eigenvalue weighted by Crippen LogP contribution is -2.48. The maximum absolute atomic E-state index is 12.5. The molecule has 32 heavy (non-hydrogen) atoms. The fourth-order valence-corrected chi connectivity index (χ4v) is 3.50. The van der Waals surface area contributed by atoms with Crippen molar-refractivity contribution in [1.29, 1.82) is 0 Å². The largest absolute Gasteiger partial charge is 0.464 e. The van der Waals surface area contributed by atoms with Gasteiger partial charge in [-0.05, 0) is 56.0 Å². The van der Waals surface area contributed by atoms with Gasteiger partial charge in [0.15, 0.2) is 5.78 Å². The topological polar surface area (TPSA) is 90.4 Å². The molecule has 2 heterocycles. The Hall–Kier alpha value is -3.74. The number of nitrogens with one attached hydrogen (secondary N) is 1. The van der Waals surface area contributed by atoms with E-state index in [1.807, 2.05) is 50.2 Å². The molecule has 7 heteroatoms. The number of carbonyl (C=O) groups excluding carboxylic acids is 2. The van der Waals surface area contributed by atoms with Gasteiger partial charge in [-0.1, -0.05) is 12.1 Å². The molecule has 3 aromatic rings. The van der Waals surface area contributed by atoms with Crippen molar-refractivity contribution in [3.05, 3.63) is 72.3 Å². The number of fused-ring (bicyclic) bond motifs is 1. The molecular weight excluding hydrogens is 406 g/mol. The molecule has 4 rings (SSSR count). The number of nitrogens with zero attached hydrogens (tertiary/aromatic N) is 2. The Morgan fingerprint density at radius 1 is 1.12 bits per heavy atom. The normalized spacial score (nSPS) is 15.5. The highest BCUT2D eigenvalue weighted by Crippen LogP contribution is 2.35. The molecule has 0 aliphatic heterocycles. The van der Waals surface area contributed by atoms with Crippen molar-refractivity contribution in [1.82, 2.24) is 15.3 Å². The SMILES string of the molecule is CCOC(=O)[C@H](Cc1ccc(Oc2nccc3ccncc23)cc1)NC1=CC(=O)C1(C)C. The third-order valence-corrected chi connectivity index (χ3v) is 5.57. The van der Waals surface area contributed by atoms with Crippen molar-refractivity contribution in [3.63, 3.8) is 0 Å². The number of hydrogen-bond donors (Lipinski definition) is 1. The van der Waals surface area contributed by atoms with E-state index >= 15 is 0 Å². The van der Waals surface area contributed by atoms with Crippen molar-refractivity contribution in [2.75, 3.05) is 6.61 Å². The number of allylic oxidation sites excluding steroid dienone is 2. The zero-order valence-corrected chi connectivity index (χ0v) is 18.3. The molecule has 2 aromatic heterocycles. The highest BCUT2D eigenvalue weighted by atomic mass is 16.5. The summed E-state index contributed by atoms with van der Waals surface area (Å²) < 4.78 is 11.2. The highest BCUT2D eigenvalue weighted by molar-refractivity contribution is 6.04. The highest BCUT2D eigenvalue weighted by Gasteiger charge is 2.41. The molecule has 0 amide bonds. The summed E-state index contributed by atoms with van der Waals surface area (Å²) in [5.41, 5.74) is 1.07.